The van der Waals surface area contributed by atoms with E-state index in [1.54, 1.807) is 104 Å². The van der Waals surface area contributed by atoms with Gasteiger partial charge in [0.25, 0.3) is 0 Å². The molecule has 412 valence electrons. The lowest BCUT2D eigenvalue weighted by molar-refractivity contribution is -0.318. The van der Waals surface area contributed by atoms with Gasteiger partial charge >= 0.3 is 30.5 Å². The topological polar surface area (TPSA) is 330 Å². The van der Waals surface area contributed by atoms with Crippen LogP contribution in [0.4, 0.5) is 24.0 Å². The molecule has 0 aromatic rings. The van der Waals surface area contributed by atoms with E-state index in [0.717, 1.165) is 0 Å². The summed E-state index contributed by atoms with van der Waals surface area (Å²) in [6.45, 7) is 27.6. The monoisotopic (exact) mass is 1040 g/mol. The molecule has 25 heteroatoms. The number of hydrogen-bond donors (Lipinski definition) is 10. The van der Waals surface area contributed by atoms with Crippen LogP contribution in [-0.2, 0) is 42.6 Å². The molecule has 15 atom stereocenters. The van der Waals surface area contributed by atoms with Gasteiger partial charge in [0.15, 0.2) is 12.6 Å². The Morgan fingerprint density at radius 2 is 0.873 bits per heavy atom. The van der Waals surface area contributed by atoms with Crippen molar-refractivity contribution in [1.29, 1.82) is 0 Å². The summed E-state index contributed by atoms with van der Waals surface area (Å²) in [5, 5.41) is 71.9. The molecule has 24 nitrogen and oxygen atoms in total. The number of amides is 5. The van der Waals surface area contributed by atoms with Gasteiger partial charge in [0.2, 0.25) is 0 Å². The third-order valence-electron chi connectivity index (χ3n) is 10.2. The molecule has 0 spiro atoms. The van der Waals surface area contributed by atoms with Gasteiger partial charge in [0.1, 0.15) is 82.9 Å². The van der Waals surface area contributed by atoms with Gasteiger partial charge in [-0.1, -0.05) is 13.8 Å². The van der Waals surface area contributed by atoms with Crippen molar-refractivity contribution in [2.45, 2.75) is 249 Å². The SMILES string of the molecule is CC(C)SCC1OC(OC2C(NC(=O)OC(C)(C)C)CC(NC(=O)OC(C)(C)C)C(OC3OC(CNC(=O)OC(C)(C)C)C(O)C(O)C3NC(=O)OC(C)(C)C)C2O)C(O)C(NC(=O)OC(C)(C)C)C1O. The van der Waals surface area contributed by atoms with Crippen LogP contribution in [-0.4, -0.2) is 193 Å². The molecule has 71 heavy (non-hydrogen) atoms. The van der Waals surface area contributed by atoms with Gasteiger partial charge < -0.3 is 94.7 Å². The molecule has 0 radical (unpaired) electrons. The van der Waals surface area contributed by atoms with E-state index < -0.39 is 157 Å². The molecule has 0 aromatic carbocycles. The van der Waals surface area contributed by atoms with Crippen LogP contribution in [0.5, 0.6) is 0 Å². The van der Waals surface area contributed by atoms with Crippen molar-refractivity contribution in [3.05, 3.63) is 0 Å². The van der Waals surface area contributed by atoms with Crippen molar-refractivity contribution in [2.24, 2.45) is 0 Å². The lowest BCUT2D eigenvalue weighted by Crippen LogP contribution is -2.71. The summed E-state index contributed by atoms with van der Waals surface area (Å²) in [6, 6.07) is -5.83. The van der Waals surface area contributed by atoms with Gasteiger partial charge in [-0.15, -0.1) is 0 Å². The van der Waals surface area contributed by atoms with Crippen molar-refractivity contribution in [3.8, 4) is 0 Å². The highest BCUT2D eigenvalue weighted by atomic mass is 32.2. The van der Waals surface area contributed by atoms with Crippen LogP contribution in [0, 0.1) is 0 Å². The zero-order valence-electron chi connectivity index (χ0n) is 44.2. The minimum absolute atomic E-state index is 0.0483. The summed E-state index contributed by atoms with van der Waals surface area (Å²) in [4.78, 5) is 66.3. The van der Waals surface area contributed by atoms with Gasteiger partial charge in [-0.3, -0.25) is 0 Å². The molecule has 3 fully saturated rings. The Hall–Kier alpha value is -3.66. The number of alkyl carbamates (subject to hydrolysis) is 5. The average Bonchev–Trinajstić information content (AvgIpc) is 3.15. The number of carbonyl (C=O) groups excluding carboxylic acids is 5. The van der Waals surface area contributed by atoms with E-state index in [1.807, 2.05) is 13.8 Å². The predicted octanol–water partition coefficient (Wildman–Crippen LogP) is 2.65. The molecule has 15 unspecified atom stereocenters. The van der Waals surface area contributed by atoms with Crippen molar-refractivity contribution < 1.29 is 92.1 Å². The normalized spacial score (nSPS) is 31.9. The Bertz CT molecular complexity index is 1780. The quantitative estimate of drug-likeness (QED) is 0.119. The fraction of sp³-hybridized carbons (Fsp3) is 0.891. The van der Waals surface area contributed by atoms with E-state index in [4.69, 9.17) is 42.6 Å². The van der Waals surface area contributed by atoms with Crippen LogP contribution in [0.3, 0.4) is 0 Å². The van der Waals surface area contributed by atoms with Crippen LogP contribution in [0.1, 0.15) is 124 Å². The minimum Gasteiger partial charge on any atom is -0.444 e. The summed E-state index contributed by atoms with van der Waals surface area (Å²) in [7, 11) is 0. The van der Waals surface area contributed by atoms with E-state index >= 15 is 0 Å². The van der Waals surface area contributed by atoms with Crippen LogP contribution in [0.2, 0.25) is 0 Å². The maximum absolute atomic E-state index is 13.6. The second kappa shape index (κ2) is 24.6. The molecule has 3 aliphatic rings. The lowest BCUT2D eigenvalue weighted by atomic mass is 9.83. The molecule has 2 heterocycles. The largest absolute Gasteiger partial charge is 0.444 e. The van der Waals surface area contributed by atoms with E-state index in [0.29, 0.717) is 0 Å². The van der Waals surface area contributed by atoms with Gasteiger partial charge in [-0.05, 0) is 116 Å². The second-order valence-electron chi connectivity index (χ2n) is 23.1. The Balaban J connectivity index is 2.21. The first-order valence-corrected chi connectivity index (χ1v) is 24.9. The summed E-state index contributed by atoms with van der Waals surface area (Å²) in [5.41, 5.74) is -4.98. The second-order valence-corrected chi connectivity index (χ2v) is 24.7. The third kappa shape index (κ3) is 20.6. The van der Waals surface area contributed by atoms with Crippen LogP contribution < -0.4 is 26.6 Å². The molecule has 1 saturated carbocycles. The van der Waals surface area contributed by atoms with Crippen LogP contribution >= 0.6 is 11.8 Å². The first-order valence-electron chi connectivity index (χ1n) is 23.8. The number of carbonyl (C=O) groups is 5. The maximum Gasteiger partial charge on any atom is 0.408 e. The molecule has 1 aliphatic carbocycles. The van der Waals surface area contributed by atoms with Crippen LogP contribution in [0.25, 0.3) is 0 Å². The smallest absolute Gasteiger partial charge is 0.408 e. The zero-order valence-corrected chi connectivity index (χ0v) is 45.0. The number of aliphatic hydroxyl groups is 5. The molecule has 3 rings (SSSR count). The Morgan fingerprint density at radius 1 is 0.493 bits per heavy atom. The highest BCUT2D eigenvalue weighted by Gasteiger charge is 2.55. The lowest BCUT2D eigenvalue weighted by Gasteiger charge is -2.50. The highest BCUT2D eigenvalue weighted by Crippen LogP contribution is 2.35. The highest BCUT2D eigenvalue weighted by molar-refractivity contribution is 7.99. The number of thioether (sulfide) groups is 1. The molecule has 2 saturated heterocycles. The van der Waals surface area contributed by atoms with Crippen molar-refractivity contribution in [2.75, 3.05) is 12.3 Å². The number of hydrogen-bond acceptors (Lipinski definition) is 20. The third-order valence-corrected chi connectivity index (χ3v) is 11.4. The summed E-state index contributed by atoms with van der Waals surface area (Å²) in [5.74, 6) is 0.140. The fourth-order valence-corrected chi connectivity index (χ4v) is 8.31. The first-order chi connectivity index (χ1) is 32.2. The zero-order chi connectivity index (χ0) is 54.4. The van der Waals surface area contributed by atoms with Crippen molar-refractivity contribution in [1.82, 2.24) is 26.6 Å². The number of aliphatic hydroxyl groups excluding tert-OH is 5. The van der Waals surface area contributed by atoms with Crippen LogP contribution in [0.15, 0.2) is 0 Å². The standard InChI is InChI=1S/C46H83N5O19S/c1-21(2)71-20-25-28(52)26(50-40(60)69-45(12,13)14)31(55)36(63-25)65-34-23(49-39(59)68-44(9,10)11)18-22(48-38(58)67-43(6,7)8)33(32(34)56)64-35-27(51-41(61)70-46(15,16)17)30(54)29(53)24(62-35)19-47-37(57)66-42(3,4)5/h21-36,52-56H,18-20H2,1-17H3,(H,47,57)(H,48,58)(H,49,59)(H,50,60)(H,51,61). The van der Waals surface area contributed by atoms with E-state index in [9.17, 15) is 49.5 Å². The number of nitrogens with one attached hydrogen (secondary N) is 5. The maximum atomic E-state index is 13.6. The Morgan fingerprint density at radius 3 is 1.30 bits per heavy atom. The summed E-state index contributed by atoms with van der Waals surface area (Å²) < 4.78 is 52.7. The Labute approximate surface area is 421 Å². The van der Waals surface area contributed by atoms with E-state index in [1.165, 1.54) is 11.8 Å². The Kier molecular flexibility index (Phi) is 21.3. The van der Waals surface area contributed by atoms with E-state index in [2.05, 4.69) is 26.6 Å². The fourth-order valence-electron chi connectivity index (χ4n) is 7.46. The van der Waals surface area contributed by atoms with Gasteiger partial charge in [0.05, 0.1) is 24.2 Å². The minimum atomic E-state index is -2.00. The van der Waals surface area contributed by atoms with Gasteiger partial charge in [-0.25, -0.2) is 24.0 Å². The van der Waals surface area contributed by atoms with Gasteiger partial charge in [-0.2, -0.15) is 11.8 Å². The molecule has 2 aliphatic heterocycles. The molecule has 10 N–H and O–H groups in total. The summed E-state index contributed by atoms with van der Waals surface area (Å²) in [6.07, 6.45) is -23.9. The number of rotatable bonds is 13. The predicted molar refractivity (Wildman–Crippen MR) is 256 cm³/mol. The first kappa shape index (κ1) is 61.6. The number of ether oxygens (including phenoxy) is 9. The van der Waals surface area contributed by atoms with Gasteiger partial charge in [0, 0.05) is 12.3 Å². The van der Waals surface area contributed by atoms with E-state index in [-0.39, 0.29) is 17.4 Å². The molecule has 0 bridgehead atoms. The summed E-state index contributed by atoms with van der Waals surface area (Å²) >= 11 is 1.40. The molecule has 0 aromatic heterocycles. The van der Waals surface area contributed by atoms with Crippen molar-refractivity contribution in [3.63, 3.8) is 0 Å². The molecular formula is C46H83N5O19S. The average molecular weight is 1040 g/mol. The molecule has 5 amide bonds. The van der Waals surface area contributed by atoms with Crippen molar-refractivity contribution >= 4 is 42.2 Å². The molecular weight excluding hydrogens is 959 g/mol.